The number of fused-ring (bicyclic) bond motifs is 1. The largest absolute Gasteiger partial charge is 0.509 e. The van der Waals surface area contributed by atoms with Gasteiger partial charge in [0, 0.05) is 5.39 Å². The zero-order valence-corrected chi connectivity index (χ0v) is 7.55. The summed E-state index contributed by atoms with van der Waals surface area (Å²) in [5.74, 6) is -0.831. The van der Waals surface area contributed by atoms with Crippen molar-refractivity contribution in [2.45, 2.75) is 0 Å². The van der Waals surface area contributed by atoms with Gasteiger partial charge in [-0.15, -0.1) is 5.46 Å². The molecule has 0 unspecified atom stereocenters. The van der Waals surface area contributed by atoms with E-state index in [4.69, 9.17) is 0 Å². The van der Waals surface area contributed by atoms with E-state index < -0.39 is 18.3 Å². The summed E-state index contributed by atoms with van der Waals surface area (Å²) in [5.41, 5.74) is -0.897. The number of hydrogen-bond donors (Lipinski definition) is 0. The fraction of sp³-hybridized carbons (Fsp3) is 0. The molecule has 0 aliphatic heterocycles. The molecule has 0 saturated heterocycles. The summed E-state index contributed by atoms with van der Waals surface area (Å²) in [6, 6.07) is 7.60. The number of halogens is 4. The molecule has 0 heterocycles. The summed E-state index contributed by atoms with van der Waals surface area (Å²) in [4.78, 5) is 0. The zero-order valence-electron chi connectivity index (χ0n) is 7.55. The quantitative estimate of drug-likeness (QED) is 0.504. The predicted molar refractivity (Wildman–Crippen MR) is 52.6 cm³/mol. The van der Waals surface area contributed by atoms with Gasteiger partial charge in [-0.05, 0) is 5.39 Å². The Morgan fingerprint density at radius 2 is 1.60 bits per heavy atom. The lowest BCUT2D eigenvalue weighted by Gasteiger charge is -2.15. The molecule has 0 atom stereocenters. The molecule has 5 heteroatoms. The van der Waals surface area contributed by atoms with Gasteiger partial charge in [-0.3, -0.25) is 0 Å². The van der Waals surface area contributed by atoms with Crippen LogP contribution in [0.4, 0.5) is 17.3 Å². The third-order valence-corrected chi connectivity index (χ3v) is 2.21. The van der Waals surface area contributed by atoms with Gasteiger partial charge in [0.2, 0.25) is 0 Å². The molecular formula is C10H6BF4-. The maximum atomic E-state index is 13.3. The lowest BCUT2D eigenvalue weighted by molar-refractivity contribution is 0.500. The predicted octanol–water partition coefficient (Wildman–Crippen LogP) is 3.03. The summed E-state index contributed by atoms with van der Waals surface area (Å²) in [5, 5.41) is 0.480. The van der Waals surface area contributed by atoms with Gasteiger partial charge in [0.05, 0.1) is 0 Å². The maximum Gasteiger partial charge on any atom is 0.509 e. The van der Waals surface area contributed by atoms with Crippen LogP contribution in [-0.2, 0) is 0 Å². The Hall–Kier alpha value is -1.52. The molecule has 0 bridgehead atoms. The van der Waals surface area contributed by atoms with E-state index in [9.17, 15) is 17.3 Å². The van der Waals surface area contributed by atoms with Crippen molar-refractivity contribution in [3.8, 4) is 0 Å². The minimum absolute atomic E-state index is 0.210. The van der Waals surface area contributed by atoms with E-state index in [-0.39, 0.29) is 10.8 Å². The van der Waals surface area contributed by atoms with Gasteiger partial charge in [-0.2, -0.15) is 0 Å². The minimum atomic E-state index is -5.14. The SMILES string of the molecule is Fc1cc([B-](F)(F)F)cc2ccccc12. The van der Waals surface area contributed by atoms with E-state index in [1.54, 1.807) is 12.1 Å². The van der Waals surface area contributed by atoms with Crippen LogP contribution >= 0.6 is 0 Å². The second-order valence-corrected chi connectivity index (χ2v) is 3.30. The van der Waals surface area contributed by atoms with Crippen LogP contribution in [0, 0.1) is 5.82 Å². The van der Waals surface area contributed by atoms with Gasteiger partial charge in [0.1, 0.15) is 5.82 Å². The number of rotatable bonds is 1. The summed E-state index contributed by atoms with van der Waals surface area (Å²) >= 11 is 0. The minimum Gasteiger partial charge on any atom is -0.445 e. The first-order chi connectivity index (χ1) is 6.98. The van der Waals surface area contributed by atoms with E-state index in [1.165, 1.54) is 12.1 Å². The number of hydrogen-bond acceptors (Lipinski definition) is 0. The molecule has 2 aromatic carbocycles. The van der Waals surface area contributed by atoms with E-state index in [0.29, 0.717) is 6.07 Å². The van der Waals surface area contributed by atoms with Gasteiger partial charge in [-0.1, -0.05) is 36.4 Å². The van der Waals surface area contributed by atoms with E-state index in [1.807, 2.05) is 0 Å². The zero-order chi connectivity index (χ0) is 11.1. The van der Waals surface area contributed by atoms with Crippen LogP contribution < -0.4 is 5.46 Å². The van der Waals surface area contributed by atoms with Crippen molar-refractivity contribution in [2.75, 3.05) is 0 Å². The molecule has 0 saturated carbocycles. The molecule has 0 spiro atoms. The maximum absolute atomic E-state index is 13.3. The first-order valence-electron chi connectivity index (χ1n) is 4.36. The van der Waals surface area contributed by atoms with Crippen LogP contribution in [0.1, 0.15) is 0 Å². The Kier molecular flexibility index (Phi) is 2.18. The average Bonchev–Trinajstić information content (AvgIpc) is 2.16. The average molecular weight is 213 g/mol. The van der Waals surface area contributed by atoms with E-state index in [2.05, 4.69) is 0 Å². The van der Waals surface area contributed by atoms with Gasteiger partial charge in [0.25, 0.3) is 0 Å². The molecular weight excluding hydrogens is 207 g/mol. The van der Waals surface area contributed by atoms with E-state index >= 15 is 0 Å². The van der Waals surface area contributed by atoms with Crippen LogP contribution in [0.25, 0.3) is 10.8 Å². The number of benzene rings is 2. The Balaban J connectivity index is 2.73. The van der Waals surface area contributed by atoms with Crippen molar-refractivity contribution < 1.29 is 17.3 Å². The van der Waals surface area contributed by atoms with Crippen LogP contribution in [-0.4, -0.2) is 6.98 Å². The van der Waals surface area contributed by atoms with Crippen molar-refractivity contribution in [1.29, 1.82) is 0 Å². The van der Waals surface area contributed by atoms with Gasteiger partial charge in [-0.25, -0.2) is 4.39 Å². The van der Waals surface area contributed by atoms with Crippen molar-refractivity contribution in [3.05, 3.63) is 42.2 Å². The smallest absolute Gasteiger partial charge is 0.445 e. The van der Waals surface area contributed by atoms with Crippen molar-refractivity contribution in [2.24, 2.45) is 0 Å². The van der Waals surface area contributed by atoms with Gasteiger partial charge < -0.3 is 12.9 Å². The molecule has 78 valence electrons. The highest BCUT2D eigenvalue weighted by molar-refractivity contribution is 6.73. The van der Waals surface area contributed by atoms with Crippen LogP contribution in [0.15, 0.2) is 36.4 Å². The molecule has 0 N–H and O–H groups in total. The van der Waals surface area contributed by atoms with Gasteiger partial charge >= 0.3 is 6.98 Å². The first-order valence-corrected chi connectivity index (χ1v) is 4.36. The highest BCUT2D eigenvalue weighted by Crippen LogP contribution is 2.19. The van der Waals surface area contributed by atoms with Crippen LogP contribution in [0.2, 0.25) is 0 Å². The summed E-state index contributed by atoms with van der Waals surface area (Å²) in [6.07, 6.45) is 0. The van der Waals surface area contributed by atoms with Crippen molar-refractivity contribution in [1.82, 2.24) is 0 Å². The Morgan fingerprint density at radius 1 is 0.933 bits per heavy atom. The third kappa shape index (κ3) is 1.82. The van der Waals surface area contributed by atoms with Gasteiger partial charge in [0.15, 0.2) is 0 Å². The molecule has 15 heavy (non-hydrogen) atoms. The molecule has 0 fully saturated rings. The monoisotopic (exact) mass is 213 g/mol. The lowest BCUT2D eigenvalue weighted by Crippen LogP contribution is -2.34. The standard InChI is InChI=1S/C10H6BF4/c12-10-6-8(11(13,14)15)5-7-3-1-2-4-9(7)10/h1-6H/q-1. The molecule has 0 aliphatic rings. The third-order valence-electron chi connectivity index (χ3n) is 2.21. The summed E-state index contributed by atoms with van der Waals surface area (Å²) in [6.45, 7) is -5.14. The molecule has 0 aromatic heterocycles. The lowest BCUT2D eigenvalue weighted by atomic mass is 9.79. The van der Waals surface area contributed by atoms with Crippen LogP contribution in [0.3, 0.4) is 0 Å². The van der Waals surface area contributed by atoms with Crippen LogP contribution in [0.5, 0.6) is 0 Å². The highest BCUT2D eigenvalue weighted by atomic mass is 19.4. The summed E-state index contributed by atoms with van der Waals surface area (Å²) < 4.78 is 50.5. The topological polar surface area (TPSA) is 0 Å². The fourth-order valence-electron chi connectivity index (χ4n) is 1.47. The Morgan fingerprint density at radius 3 is 2.27 bits per heavy atom. The first kappa shape index (κ1) is 10.0. The summed E-state index contributed by atoms with van der Waals surface area (Å²) in [7, 11) is 0. The molecule has 0 aliphatic carbocycles. The Bertz CT molecular complexity index is 504. The van der Waals surface area contributed by atoms with Crippen molar-refractivity contribution in [3.63, 3.8) is 0 Å². The Labute approximate surface area is 83.6 Å². The van der Waals surface area contributed by atoms with E-state index in [0.717, 1.165) is 6.07 Å². The van der Waals surface area contributed by atoms with Crippen molar-refractivity contribution >= 4 is 23.2 Å². The molecule has 2 rings (SSSR count). The molecule has 0 radical (unpaired) electrons. The second kappa shape index (κ2) is 3.26. The molecule has 0 amide bonds. The second-order valence-electron chi connectivity index (χ2n) is 3.30. The fourth-order valence-corrected chi connectivity index (χ4v) is 1.47. The molecule has 0 nitrogen and oxygen atoms in total. The molecule has 2 aromatic rings. The normalized spacial score (nSPS) is 12.0. The highest BCUT2D eigenvalue weighted by Gasteiger charge is 2.26.